The van der Waals surface area contributed by atoms with Crippen LogP contribution in [0.3, 0.4) is 0 Å². The van der Waals surface area contributed by atoms with E-state index in [1.54, 1.807) is 73.7 Å². The van der Waals surface area contributed by atoms with Gasteiger partial charge >= 0.3 is 5.97 Å². The number of sulfonamides is 1. The molecule has 10 heteroatoms. The summed E-state index contributed by atoms with van der Waals surface area (Å²) >= 11 is 4.65. The van der Waals surface area contributed by atoms with Crippen LogP contribution >= 0.6 is 27.3 Å². The molecule has 0 radical (unpaired) electrons. The second kappa shape index (κ2) is 12.1. The summed E-state index contributed by atoms with van der Waals surface area (Å²) in [7, 11) is -3.75. The lowest BCUT2D eigenvalue weighted by Gasteiger charge is -2.23. The highest BCUT2D eigenvalue weighted by molar-refractivity contribution is 9.10. The Balaban J connectivity index is 1.50. The van der Waals surface area contributed by atoms with E-state index in [1.807, 2.05) is 13.0 Å². The quantitative estimate of drug-likeness (QED) is 0.152. The number of benzene rings is 3. The summed E-state index contributed by atoms with van der Waals surface area (Å²) < 4.78 is 34.8. The fourth-order valence-corrected chi connectivity index (χ4v) is 6.47. The van der Waals surface area contributed by atoms with Gasteiger partial charge in [0.2, 0.25) is 0 Å². The average Bonchev–Trinajstić information content (AvgIpc) is 3.34. The number of nitrogens with one attached hydrogen (secondary N) is 1. The second-order valence-electron chi connectivity index (χ2n) is 8.48. The normalized spacial score (nSPS) is 11.3. The van der Waals surface area contributed by atoms with Gasteiger partial charge in [0.1, 0.15) is 0 Å². The molecule has 1 amide bonds. The Bertz CT molecular complexity index is 1550. The van der Waals surface area contributed by atoms with Gasteiger partial charge in [-0.15, -0.1) is 11.3 Å². The van der Waals surface area contributed by atoms with E-state index >= 15 is 0 Å². The van der Waals surface area contributed by atoms with Crippen molar-refractivity contribution in [2.75, 3.05) is 22.8 Å². The smallest absolute Gasteiger partial charge is 0.338 e. The molecule has 0 bridgehead atoms. The van der Waals surface area contributed by atoms with Gasteiger partial charge in [-0.1, -0.05) is 29.3 Å². The average molecular weight is 616 g/mol. The Labute approximate surface area is 234 Å². The first-order chi connectivity index (χ1) is 18.2. The molecule has 0 spiro atoms. The van der Waals surface area contributed by atoms with Gasteiger partial charge in [-0.05, 0) is 91.5 Å². The minimum absolute atomic E-state index is 0.202. The molecule has 0 saturated heterocycles. The van der Waals surface area contributed by atoms with Crippen molar-refractivity contribution < 1.29 is 22.7 Å². The highest BCUT2D eigenvalue weighted by atomic mass is 79.9. The van der Waals surface area contributed by atoms with Crippen molar-refractivity contribution >= 4 is 70.6 Å². The standard InChI is InChI=1S/C28H27BrN2O5S2/c1-3-5-16-36-28(33)19-6-10-22(11-7-19)30-27(32)26-18-20-17-23(12-15-25(20)37-26)31(4-2)38(34,35)24-13-8-21(29)9-14-24/h6-15,17-18H,3-5,16H2,1-2H3,(H,30,32). The summed E-state index contributed by atoms with van der Waals surface area (Å²) in [6.45, 7) is 4.44. The number of carbonyl (C=O) groups excluding carboxylic acids is 2. The van der Waals surface area contributed by atoms with Crippen LogP contribution in [-0.2, 0) is 14.8 Å². The van der Waals surface area contributed by atoms with Gasteiger partial charge in [-0.2, -0.15) is 0 Å². The summed E-state index contributed by atoms with van der Waals surface area (Å²) in [5.74, 6) is -0.680. The Hall–Kier alpha value is -3.21. The molecule has 0 saturated carbocycles. The molecular formula is C28H27BrN2O5S2. The molecule has 0 atom stereocenters. The van der Waals surface area contributed by atoms with Crippen LogP contribution in [0.25, 0.3) is 10.1 Å². The number of ether oxygens (including phenoxy) is 1. The first-order valence-corrected chi connectivity index (χ1v) is 15.2. The number of unbranched alkanes of at least 4 members (excludes halogenated alkanes) is 1. The van der Waals surface area contributed by atoms with Crippen LogP contribution in [0.1, 0.15) is 46.7 Å². The predicted octanol–water partition coefficient (Wildman–Crippen LogP) is 7.09. The molecule has 4 aromatic rings. The molecule has 0 aliphatic carbocycles. The number of halogens is 1. The Kier molecular flexibility index (Phi) is 8.86. The number of fused-ring (bicyclic) bond motifs is 1. The summed E-state index contributed by atoms with van der Waals surface area (Å²) in [6, 6.07) is 20.2. The van der Waals surface area contributed by atoms with Gasteiger partial charge < -0.3 is 10.1 Å². The third-order valence-corrected chi connectivity index (χ3v) is 9.37. The van der Waals surface area contributed by atoms with E-state index < -0.39 is 10.0 Å². The van der Waals surface area contributed by atoms with Crippen LogP contribution in [0.5, 0.6) is 0 Å². The molecule has 1 heterocycles. The van der Waals surface area contributed by atoms with Crippen LogP contribution < -0.4 is 9.62 Å². The number of hydrogen-bond acceptors (Lipinski definition) is 6. The molecule has 0 aliphatic heterocycles. The van der Waals surface area contributed by atoms with E-state index in [9.17, 15) is 18.0 Å². The molecule has 1 aromatic heterocycles. The lowest BCUT2D eigenvalue weighted by Crippen LogP contribution is -2.30. The molecule has 1 N–H and O–H groups in total. The summed E-state index contributed by atoms with van der Waals surface area (Å²) in [5.41, 5.74) is 1.50. The minimum Gasteiger partial charge on any atom is -0.462 e. The fraction of sp³-hybridized carbons (Fsp3) is 0.214. The van der Waals surface area contributed by atoms with Gasteiger partial charge in [0.25, 0.3) is 15.9 Å². The molecule has 0 unspecified atom stereocenters. The van der Waals surface area contributed by atoms with Crippen molar-refractivity contribution in [1.82, 2.24) is 0 Å². The Morgan fingerprint density at radius 1 is 0.974 bits per heavy atom. The van der Waals surface area contributed by atoms with Gasteiger partial charge in [0, 0.05) is 21.4 Å². The lowest BCUT2D eigenvalue weighted by molar-refractivity contribution is 0.0499. The van der Waals surface area contributed by atoms with E-state index in [2.05, 4.69) is 21.2 Å². The number of carbonyl (C=O) groups is 2. The number of hydrogen-bond donors (Lipinski definition) is 1. The minimum atomic E-state index is -3.75. The molecule has 38 heavy (non-hydrogen) atoms. The fourth-order valence-electron chi connectivity index (χ4n) is 3.80. The Morgan fingerprint density at radius 3 is 2.34 bits per heavy atom. The summed E-state index contributed by atoms with van der Waals surface area (Å²) in [4.78, 5) is 25.7. The van der Waals surface area contributed by atoms with E-state index in [-0.39, 0.29) is 23.3 Å². The van der Waals surface area contributed by atoms with Crippen molar-refractivity contribution in [3.05, 3.63) is 87.7 Å². The third-order valence-electron chi connectivity index (χ3n) is 5.81. The van der Waals surface area contributed by atoms with Crippen molar-refractivity contribution in [1.29, 1.82) is 0 Å². The first-order valence-electron chi connectivity index (χ1n) is 12.1. The van der Waals surface area contributed by atoms with Crippen LogP contribution in [0, 0.1) is 0 Å². The van der Waals surface area contributed by atoms with Gasteiger partial charge in [0.05, 0.1) is 27.6 Å². The maximum absolute atomic E-state index is 13.3. The zero-order valence-corrected chi connectivity index (χ0v) is 24.2. The van der Waals surface area contributed by atoms with Crippen LogP contribution in [0.4, 0.5) is 11.4 Å². The molecule has 198 valence electrons. The molecular weight excluding hydrogens is 588 g/mol. The monoisotopic (exact) mass is 614 g/mol. The number of anilines is 2. The molecule has 3 aromatic carbocycles. The highest BCUT2D eigenvalue weighted by Crippen LogP contribution is 2.32. The van der Waals surface area contributed by atoms with E-state index in [1.165, 1.54) is 15.6 Å². The zero-order valence-electron chi connectivity index (χ0n) is 20.9. The molecule has 7 nitrogen and oxygen atoms in total. The SMILES string of the molecule is CCCCOC(=O)c1ccc(NC(=O)c2cc3cc(N(CC)S(=O)(=O)c4ccc(Br)cc4)ccc3s2)cc1. The maximum atomic E-state index is 13.3. The highest BCUT2D eigenvalue weighted by Gasteiger charge is 2.24. The van der Waals surface area contributed by atoms with E-state index in [4.69, 9.17) is 4.74 Å². The van der Waals surface area contributed by atoms with Crippen LogP contribution in [0.2, 0.25) is 0 Å². The van der Waals surface area contributed by atoms with E-state index in [0.717, 1.165) is 27.4 Å². The molecule has 0 aliphatic rings. The first kappa shape index (κ1) is 27.8. The topological polar surface area (TPSA) is 92.8 Å². The van der Waals surface area contributed by atoms with Gasteiger partial charge in [-0.3, -0.25) is 9.10 Å². The molecule has 0 fully saturated rings. The lowest BCUT2D eigenvalue weighted by atomic mass is 10.2. The largest absolute Gasteiger partial charge is 0.462 e. The summed E-state index contributed by atoms with van der Waals surface area (Å²) in [5, 5.41) is 3.62. The number of rotatable bonds is 10. The van der Waals surface area contributed by atoms with Crippen molar-refractivity contribution in [2.45, 2.75) is 31.6 Å². The van der Waals surface area contributed by atoms with Gasteiger partial charge in [-0.25, -0.2) is 13.2 Å². The van der Waals surface area contributed by atoms with Gasteiger partial charge in [0.15, 0.2) is 0 Å². The van der Waals surface area contributed by atoms with Crippen molar-refractivity contribution in [3.8, 4) is 0 Å². The zero-order chi connectivity index (χ0) is 27.3. The molecule has 4 rings (SSSR count). The summed E-state index contributed by atoms with van der Waals surface area (Å²) in [6.07, 6.45) is 1.76. The van der Waals surface area contributed by atoms with Crippen molar-refractivity contribution in [3.63, 3.8) is 0 Å². The predicted molar refractivity (Wildman–Crippen MR) is 156 cm³/mol. The number of esters is 1. The number of thiophene rings is 1. The van der Waals surface area contributed by atoms with E-state index in [0.29, 0.717) is 28.4 Å². The third kappa shape index (κ3) is 6.25. The second-order valence-corrected chi connectivity index (χ2v) is 12.3. The maximum Gasteiger partial charge on any atom is 0.338 e. The van der Waals surface area contributed by atoms with Crippen LogP contribution in [0.15, 0.2) is 82.2 Å². The van der Waals surface area contributed by atoms with Crippen molar-refractivity contribution in [2.24, 2.45) is 0 Å². The Morgan fingerprint density at radius 2 is 1.68 bits per heavy atom. The number of nitrogens with zero attached hydrogens (tertiary/aromatic N) is 1. The van der Waals surface area contributed by atoms with Crippen LogP contribution in [-0.4, -0.2) is 33.4 Å². The number of amides is 1.